The summed E-state index contributed by atoms with van der Waals surface area (Å²) < 4.78 is 5.49. The Morgan fingerprint density at radius 2 is 1.81 bits per heavy atom. The fourth-order valence-electron chi connectivity index (χ4n) is 5.32. The number of hydrogen-bond acceptors (Lipinski definition) is 2. The third-order valence-corrected chi connectivity index (χ3v) is 5.36. The topological polar surface area (TPSA) is 26.3 Å². The summed E-state index contributed by atoms with van der Waals surface area (Å²) in [6.07, 6.45) is 6.21. The van der Waals surface area contributed by atoms with Crippen LogP contribution in [0.15, 0.2) is 0 Å². The highest BCUT2D eigenvalue weighted by atomic mass is 16.5. The molecule has 2 atom stereocenters. The van der Waals surface area contributed by atoms with Gasteiger partial charge in [-0.1, -0.05) is 13.8 Å². The molecule has 4 aliphatic carbocycles. The maximum absolute atomic E-state index is 10.7. The first-order chi connectivity index (χ1) is 7.63. The van der Waals surface area contributed by atoms with E-state index in [1.807, 2.05) is 0 Å². The van der Waals surface area contributed by atoms with Crippen LogP contribution in [0, 0.1) is 29.6 Å². The molecule has 4 bridgehead atoms. The maximum Gasteiger partial charge on any atom is 0.293 e. The van der Waals surface area contributed by atoms with Crippen LogP contribution in [0.5, 0.6) is 0 Å². The van der Waals surface area contributed by atoms with Crippen molar-refractivity contribution in [1.82, 2.24) is 0 Å². The van der Waals surface area contributed by atoms with Crippen molar-refractivity contribution < 1.29 is 9.53 Å². The van der Waals surface area contributed by atoms with Crippen molar-refractivity contribution in [1.29, 1.82) is 0 Å². The second-order valence-corrected chi connectivity index (χ2v) is 6.69. The number of hydrogen-bond donors (Lipinski definition) is 0. The molecule has 0 aliphatic heterocycles. The van der Waals surface area contributed by atoms with Gasteiger partial charge in [0, 0.05) is 0 Å². The summed E-state index contributed by atoms with van der Waals surface area (Å²) in [5.41, 5.74) is -0.0519. The predicted octanol–water partition coefficient (Wildman–Crippen LogP) is 3.01. The van der Waals surface area contributed by atoms with Gasteiger partial charge < -0.3 is 4.74 Å². The first-order valence-electron chi connectivity index (χ1n) is 6.75. The summed E-state index contributed by atoms with van der Waals surface area (Å²) in [5, 5.41) is 0. The summed E-state index contributed by atoms with van der Waals surface area (Å²) >= 11 is 0. The van der Waals surface area contributed by atoms with Crippen molar-refractivity contribution in [3.05, 3.63) is 0 Å². The summed E-state index contributed by atoms with van der Waals surface area (Å²) in [7, 11) is 0. The van der Waals surface area contributed by atoms with Gasteiger partial charge in [0.15, 0.2) is 0 Å². The molecule has 0 radical (unpaired) electrons. The maximum atomic E-state index is 10.7. The van der Waals surface area contributed by atoms with E-state index in [2.05, 4.69) is 13.8 Å². The molecule has 4 aliphatic rings. The summed E-state index contributed by atoms with van der Waals surface area (Å²) in [5.74, 6) is 4.17. The normalized spacial score (nSPS) is 49.7. The fraction of sp³-hybridized carbons (Fsp3) is 0.929. The van der Waals surface area contributed by atoms with Gasteiger partial charge in [-0.2, -0.15) is 0 Å². The minimum atomic E-state index is -0.0519. The lowest BCUT2D eigenvalue weighted by molar-refractivity contribution is -0.187. The van der Waals surface area contributed by atoms with Gasteiger partial charge in [-0.05, 0) is 61.7 Å². The van der Waals surface area contributed by atoms with Crippen molar-refractivity contribution in [2.75, 3.05) is 0 Å². The molecule has 4 saturated carbocycles. The van der Waals surface area contributed by atoms with Gasteiger partial charge in [-0.3, -0.25) is 4.79 Å². The average molecular weight is 222 g/mol. The minimum Gasteiger partial charge on any atom is -0.461 e. The Morgan fingerprint density at radius 1 is 1.19 bits per heavy atom. The van der Waals surface area contributed by atoms with E-state index >= 15 is 0 Å². The highest BCUT2D eigenvalue weighted by molar-refractivity contribution is 5.39. The Hall–Kier alpha value is -0.530. The van der Waals surface area contributed by atoms with Crippen LogP contribution in [0.3, 0.4) is 0 Å². The quantitative estimate of drug-likeness (QED) is 0.686. The third kappa shape index (κ3) is 1.42. The molecule has 0 heterocycles. The largest absolute Gasteiger partial charge is 0.461 e. The van der Waals surface area contributed by atoms with Crippen LogP contribution in [0.1, 0.15) is 46.0 Å². The Kier molecular flexibility index (Phi) is 2.31. The number of rotatable bonds is 3. The molecule has 2 heteroatoms. The van der Waals surface area contributed by atoms with Crippen molar-refractivity contribution in [3.8, 4) is 0 Å². The highest BCUT2D eigenvalue weighted by Crippen LogP contribution is 2.60. The molecule has 4 fully saturated rings. The molecule has 0 spiro atoms. The predicted molar refractivity (Wildman–Crippen MR) is 61.8 cm³/mol. The zero-order valence-electron chi connectivity index (χ0n) is 10.3. The van der Waals surface area contributed by atoms with Crippen LogP contribution in [-0.4, -0.2) is 12.1 Å². The molecule has 2 unspecified atom stereocenters. The Labute approximate surface area is 97.7 Å². The average Bonchev–Trinajstić information content (AvgIpc) is 2.14. The zero-order valence-corrected chi connectivity index (χ0v) is 10.3. The van der Waals surface area contributed by atoms with E-state index in [1.54, 1.807) is 0 Å². The van der Waals surface area contributed by atoms with Crippen LogP contribution in [-0.2, 0) is 9.53 Å². The first-order valence-corrected chi connectivity index (χ1v) is 6.75. The van der Waals surface area contributed by atoms with E-state index in [9.17, 15) is 4.79 Å². The Bertz CT molecular complexity index is 281. The van der Waals surface area contributed by atoms with Crippen LogP contribution >= 0.6 is 0 Å². The van der Waals surface area contributed by atoms with Gasteiger partial charge in [0.05, 0.1) is 0 Å². The van der Waals surface area contributed by atoms with E-state index in [4.69, 9.17) is 4.74 Å². The SMILES string of the molecule is CC(C)C1C2CC3CC1CC(OC=O)(C3)C2. The van der Waals surface area contributed by atoms with Gasteiger partial charge in [-0.15, -0.1) is 0 Å². The molecular formula is C14H22O2. The van der Waals surface area contributed by atoms with E-state index in [0.29, 0.717) is 6.47 Å². The summed E-state index contributed by atoms with van der Waals surface area (Å²) in [6, 6.07) is 0. The van der Waals surface area contributed by atoms with Gasteiger partial charge in [0.2, 0.25) is 0 Å². The summed E-state index contributed by atoms with van der Waals surface area (Å²) in [4.78, 5) is 10.7. The third-order valence-electron chi connectivity index (χ3n) is 5.36. The Balaban J connectivity index is 1.86. The van der Waals surface area contributed by atoms with Crippen molar-refractivity contribution in [2.24, 2.45) is 29.6 Å². The second-order valence-electron chi connectivity index (χ2n) is 6.69. The molecule has 0 aromatic rings. The van der Waals surface area contributed by atoms with Crippen molar-refractivity contribution in [3.63, 3.8) is 0 Å². The molecule has 0 aromatic carbocycles. The molecule has 0 aromatic heterocycles. The molecular weight excluding hydrogens is 200 g/mol. The molecule has 0 saturated heterocycles. The van der Waals surface area contributed by atoms with Crippen LogP contribution < -0.4 is 0 Å². The van der Waals surface area contributed by atoms with Crippen LogP contribution in [0.4, 0.5) is 0 Å². The lowest BCUT2D eigenvalue weighted by Crippen LogP contribution is -2.56. The number of carbonyl (C=O) groups excluding carboxylic acids is 1. The van der Waals surface area contributed by atoms with E-state index in [0.717, 1.165) is 48.9 Å². The second kappa shape index (κ2) is 3.48. The minimum absolute atomic E-state index is 0.0519. The van der Waals surface area contributed by atoms with E-state index < -0.39 is 0 Å². The number of carbonyl (C=O) groups is 1. The lowest BCUT2D eigenvalue weighted by atomic mass is 9.48. The van der Waals surface area contributed by atoms with Crippen molar-refractivity contribution >= 4 is 6.47 Å². The number of ether oxygens (including phenoxy) is 1. The fourth-order valence-corrected chi connectivity index (χ4v) is 5.32. The lowest BCUT2D eigenvalue weighted by Gasteiger charge is -2.60. The van der Waals surface area contributed by atoms with Crippen LogP contribution in [0.2, 0.25) is 0 Å². The zero-order chi connectivity index (χ0) is 11.3. The monoisotopic (exact) mass is 222 g/mol. The Morgan fingerprint density at radius 3 is 2.31 bits per heavy atom. The van der Waals surface area contributed by atoms with Gasteiger partial charge >= 0.3 is 0 Å². The highest BCUT2D eigenvalue weighted by Gasteiger charge is 2.56. The summed E-state index contributed by atoms with van der Waals surface area (Å²) in [6.45, 7) is 5.41. The molecule has 16 heavy (non-hydrogen) atoms. The molecule has 4 rings (SSSR count). The van der Waals surface area contributed by atoms with Crippen molar-refractivity contribution in [2.45, 2.75) is 51.6 Å². The van der Waals surface area contributed by atoms with E-state index in [1.165, 1.54) is 12.8 Å². The van der Waals surface area contributed by atoms with Gasteiger partial charge in [0.25, 0.3) is 6.47 Å². The first kappa shape index (κ1) is 10.6. The van der Waals surface area contributed by atoms with Crippen LogP contribution in [0.25, 0.3) is 0 Å². The van der Waals surface area contributed by atoms with Gasteiger partial charge in [0.1, 0.15) is 5.60 Å². The molecule has 2 nitrogen and oxygen atoms in total. The molecule has 0 N–H and O–H groups in total. The smallest absolute Gasteiger partial charge is 0.293 e. The molecule has 0 amide bonds. The molecule has 90 valence electrons. The van der Waals surface area contributed by atoms with E-state index in [-0.39, 0.29) is 5.60 Å². The van der Waals surface area contributed by atoms with Gasteiger partial charge in [-0.25, -0.2) is 0 Å². The standard InChI is InChI=1S/C14H22O2/c1-9(2)13-11-3-10-4-12(13)7-14(5-10,6-11)16-8-15/h8-13H,3-7H2,1-2H3.